The maximum absolute atomic E-state index is 11.5. The van der Waals surface area contributed by atoms with Crippen molar-refractivity contribution >= 4 is 16.7 Å². The van der Waals surface area contributed by atoms with E-state index in [1.54, 1.807) is 0 Å². The van der Waals surface area contributed by atoms with Gasteiger partial charge in [-0.15, -0.1) is 0 Å². The van der Waals surface area contributed by atoms with Gasteiger partial charge in [-0.05, 0) is 22.8 Å². The van der Waals surface area contributed by atoms with E-state index in [0.29, 0.717) is 19.4 Å². The number of carbonyl (C=O) groups excluding carboxylic acids is 1. The first-order valence-corrected chi connectivity index (χ1v) is 6.15. The minimum Gasteiger partial charge on any atom is -0.396 e. The molecule has 3 heteroatoms. The number of hydrogen-bond acceptors (Lipinski definition) is 2. The lowest BCUT2D eigenvalue weighted by atomic mass is 10.0. The molecule has 0 heterocycles. The van der Waals surface area contributed by atoms with E-state index in [4.69, 9.17) is 5.11 Å². The molecule has 94 valence electrons. The molecule has 2 rings (SSSR count). The Labute approximate surface area is 106 Å². The predicted octanol–water partition coefficient (Wildman–Crippen LogP) is 2.23. The summed E-state index contributed by atoms with van der Waals surface area (Å²) < 4.78 is 0. The van der Waals surface area contributed by atoms with E-state index in [9.17, 15) is 4.79 Å². The van der Waals surface area contributed by atoms with E-state index in [1.807, 2.05) is 24.3 Å². The van der Waals surface area contributed by atoms with Gasteiger partial charge >= 0.3 is 0 Å². The van der Waals surface area contributed by atoms with Crippen molar-refractivity contribution in [1.82, 2.24) is 5.32 Å². The Balaban J connectivity index is 2.05. The molecule has 2 aromatic carbocycles. The second kappa shape index (κ2) is 6.17. The van der Waals surface area contributed by atoms with Gasteiger partial charge in [0.25, 0.3) is 0 Å². The van der Waals surface area contributed by atoms with Crippen molar-refractivity contribution in [3.63, 3.8) is 0 Å². The molecule has 0 fully saturated rings. The number of aliphatic hydroxyl groups excluding tert-OH is 1. The van der Waals surface area contributed by atoms with Crippen LogP contribution in [0, 0.1) is 0 Å². The molecule has 0 atom stereocenters. The predicted molar refractivity (Wildman–Crippen MR) is 72.1 cm³/mol. The van der Waals surface area contributed by atoms with Crippen LogP contribution >= 0.6 is 0 Å². The second-order valence-corrected chi connectivity index (χ2v) is 4.24. The third-order valence-corrected chi connectivity index (χ3v) is 2.92. The summed E-state index contributed by atoms with van der Waals surface area (Å²) in [5.41, 5.74) is 1.12. The van der Waals surface area contributed by atoms with Crippen LogP contribution in [-0.2, 0) is 11.3 Å². The Morgan fingerprint density at radius 2 is 1.89 bits per heavy atom. The molecular weight excluding hydrogens is 226 g/mol. The van der Waals surface area contributed by atoms with E-state index < -0.39 is 0 Å². The highest BCUT2D eigenvalue weighted by Crippen LogP contribution is 2.18. The minimum absolute atomic E-state index is 0.0167. The highest BCUT2D eigenvalue weighted by atomic mass is 16.3. The molecule has 0 unspecified atom stereocenters. The van der Waals surface area contributed by atoms with Crippen molar-refractivity contribution < 1.29 is 9.90 Å². The summed E-state index contributed by atoms with van der Waals surface area (Å²) in [6, 6.07) is 14.2. The molecular formula is C15H17NO2. The van der Waals surface area contributed by atoms with Gasteiger partial charge in [0, 0.05) is 19.6 Å². The number of benzene rings is 2. The van der Waals surface area contributed by atoms with Gasteiger partial charge in [0.15, 0.2) is 0 Å². The first kappa shape index (κ1) is 12.6. The SMILES string of the molecule is O=C(CCCO)NCc1cccc2ccccc12. The lowest BCUT2D eigenvalue weighted by Gasteiger charge is -2.08. The summed E-state index contributed by atoms with van der Waals surface area (Å²) >= 11 is 0. The van der Waals surface area contributed by atoms with Crippen LogP contribution in [0.1, 0.15) is 18.4 Å². The fourth-order valence-corrected chi connectivity index (χ4v) is 1.97. The molecule has 2 N–H and O–H groups in total. The van der Waals surface area contributed by atoms with Gasteiger partial charge in [-0.2, -0.15) is 0 Å². The van der Waals surface area contributed by atoms with Gasteiger partial charge in [0.05, 0.1) is 0 Å². The molecule has 0 aromatic heterocycles. The van der Waals surface area contributed by atoms with Crippen LogP contribution < -0.4 is 5.32 Å². The first-order valence-electron chi connectivity index (χ1n) is 6.15. The summed E-state index contributed by atoms with van der Waals surface area (Å²) in [7, 11) is 0. The molecule has 0 saturated heterocycles. The second-order valence-electron chi connectivity index (χ2n) is 4.24. The topological polar surface area (TPSA) is 49.3 Å². The van der Waals surface area contributed by atoms with Gasteiger partial charge in [-0.3, -0.25) is 4.79 Å². The van der Waals surface area contributed by atoms with E-state index in [0.717, 1.165) is 5.56 Å². The number of hydrogen-bond donors (Lipinski definition) is 2. The maximum atomic E-state index is 11.5. The van der Waals surface area contributed by atoms with E-state index in [-0.39, 0.29) is 12.5 Å². The third-order valence-electron chi connectivity index (χ3n) is 2.92. The molecule has 0 aliphatic rings. The molecule has 0 radical (unpaired) electrons. The van der Waals surface area contributed by atoms with Gasteiger partial charge in [0.1, 0.15) is 0 Å². The zero-order valence-corrected chi connectivity index (χ0v) is 10.2. The summed E-state index contributed by atoms with van der Waals surface area (Å²) in [5, 5.41) is 13.9. The lowest BCUT2D eigenvalue weighted by Crippen LogP contribution is -2.22. The Bertz CT molecular complexity index is 532. The van der Waals surface area contributed by atoms with E-state index in [1.165, 1.54) is 10.8 Å². The van der Waals surface area contributed by atoms with E-state index >= 15 is 0 Å². The average Bonchev–Trinajstić information content (AvgIpc) is 2.42. The minimum atomic E-state index is -0.0167. The molecule has 0 aliphatic heterocycles. The molecule has 2 aromatic rings. The molecule has 0 spiro atoms. The van der Waals surface area contributed by atoms with Crippen LogP contribution in [0.15, 0.2) is 42.5 Å². The van der Waals surface area contributed by atoms with Crippen LogP contribution in [0.25, 0.3) is 10.8 Å². The van der Waals surface area contributed by atoms with Gasteiger partial charge < -0.3 is 10.4 Å². The van der Waals surface area contributed by atoms with Crippen molar-refractivity contribution in [2.75, 3.05) is 6.61 Å². The smallest absolute Gasteiger partial charge is 0.220 e. The van der Waals surface area contributed by atoms with Crippen LogP contribution in [-0.4, -0.2) is 17.6 Å². The first-order chi connectivity index (χ1) is 8.81. The molecule has 0 aliphatic carbocycles. The number of nitrogens with one attached hydrogen (secondary N) is 1. The summed E-state index contributed by atoms with van der Waals surface area (Å²) in [6.45, 7) is 0.591. The fourth-order valence-electron chi connectivity index (χ4n) is 1.97. The molecule has 0 bridgehead atoms. The van der Waals surface area contributed by atoms with Crippen LogP contribution in [0.3, 0.4) is 0 Å². The fraction of sp³-hybridized carbons (Fsp3) is 0.267. The number of amides is 1. The number of fused-ring (bicyclic) bond motifs is 1. The zero-order chi connectivity index (χ0) is 12.8. The van der Waals surface area contributed by atoms with Crippen molar-refractivity contribution in [3.8, 4) is 0 Å². The summed E-state index contributed by atoms with van der Waals surface area (Å²) in [6.07, 6.45) is 0.892. The van der Waals surface area contributed by atoms with Crippen molar-refractivity contribution in [2.45, 2.75) is 19.4 Å². The van der Waals surface area contributed by atoms with Crippen molar-refractivity contribution in [2.24, 2.45) is 0 Å². The van der Waals surface area contributed by atoms with Gasteiger partial charge in [0.2, 0.25) is 5.91 Å². The molecule has 18 heavy (non-hydrogen) atoms. The molecule has 3 nitrogen and oxygen atoms in total. The number of rotatable bonds is 5. The average molecular weight is 243 g/mol. The Morgan fingerprint density at radius 1 is 1.11 bits per heavy atom. The summed E-state index contributed by atoms with van der Waals surface area (Å²) in [4.78, 5) is 11.5. The Morgan fingerprint density at radius 3 is 2.72 bits per heavy atom. The van der Waals surface area contributed by atoms with Crippen molar-refractivity contribution in [1.29, 1.82) is 0 Å². The largest absolute Gasteiger partial charge is 0.396 e. The van der Waals surface area contributed by atoms with Gasteiger partial charge in [-0.25, -0.2) is 0 Å². The van der Waals surface area contributed by atoms with Gasteiger partial charge in [-0.1, -0.05) is 42.5 Å². The number of aliphatic hydroxyl groups is 1. The molecule has 1 amide bonds. The highest BCUT2D eigenvalue weighted by molar-refractivity contribution is 5.86. The van der Waals surface area contributed by atoms with E-state index in [2.05, 4.69) is 23.5 Å². The monoisotopic (exact) mass is 243 g/mol. The molecule has 0 saturated carbocycles. The van der Waals surface area contributed by atoms with Crippen LogP contribution in [0.4, 0.5) is 0 Å². The summed E-state index contributed by atoms with van der Waals surface area (Å²) in [5.74, 6) is -0.0167. The van der Waals surface area contributed by atoms with Crippen LogP contribution in [0.5, 0.6) is 0 Å². The standard InChI is InChI=1S/C15H17NO2/c17-10-4-9-15(18)16-11-13-7-3-6-12-5-1-2-8-14(12)13/h1-3,5-8,17H,4,9-11H2,(H,16,18). The maximum Gasteiger partial charge on any atom is 0.220 e. The lowest BCUT2D eigenvalue weighted by molar-refractivity contribution is -0.121. The zero-order valence-electron chi connectivity index (χ0n) is 10.2. The Hall–Kier alpha value is -1.87. The van der Waals surface area contributed by atoms with Crippen LogP contribution in [0.2, 0.25) is 0 Å². The Kier molecular flexibility index (Phi) is 4.31. The number of carbonyl (C=O) groups is 1. The highest BCUT2D eigenvalue weighted by Gasteiger charge is 2.03. The quantitative estimate of drug-likeness (QED) is 0.846. The van der Waals surface area contributed by atoms with Crippen molar-refractivity contribution in [3.05, 3.63) is 48.0 Å². The third kappa shape index (κ3) is 3.08. The normalized spacial score (nSPS) is 10.5.